The van der Waals surface area contributed by atoms with E-state index in [0.717, 1.165) is 28.0 Å². The van der Waals surface area contributed by atoms with Gasteiger partial charge in [-0.2, -0.15) is 4.68 Å². The number of rotatable bonds is 10. The standard InChI is InChI=1S/C32H33N7O5S/c1-5-6-18-44-31(43)39-30-22(19-24(45-30)28(41)36-32(2,3)20-12-8-7-9-13-20)25(37-39)35-27(40)21-14-10-11-15-23(21)34-29(42)26-33-16-17-38(26)4/h7-17,19H,5-6,18H2,1-4H3,(H,34,42)(H,36,41)(H,35,37,40). The van der Waals surface area contributed by atoms with Crippen LogP contribution in [0.15, 0.2) is 73.1 Å². The number of carbonyl (C=O) groups excluding carboxylic acids is 4. The summed E-state index contributed by atoms with van der Waals surface area (Å²) in [6, 6.07) is 17.6. The van der Waals surface area contributed by atoms with E-state index in [0.29, 0.717) is 21.5 Å². The van der Waals surface area contributed by atoms with Crippen molar-refractivity contribution in [3.05, 3.63) is 94.9 Å². The van der Waals surface area contributed by atoms with Gasteiger partial charge in [0.25, 0.3) is 17.7 Å². The van der Waals surface area contributed by atoms with E-state index in [9.17, 15) is 19.2 Å². The van der Waals surface area contributed by atoms with E-state index in [2.05, 4.69) is 26.0 Å². The van der Waals surface area contributed by atoms with Crippen LogP contribution in [0.3, 0.4) is 0 Å². The number of ether oxygens (including phenoxy) is 1. The van der Waals surface area contributed by atoms with Crippen molar-refractivity contribution in [1.29, 1.82) is 0 Å². The summed E-state index contributed by atoms with van der Waals surface area (Å²) in [5.41, 5.74) is 0.656. The number of hydrogen-bond donors (Lipinski definition) is 3. The van der Waals surface area contributed by atoms with Crippen LogP contribution in [-0.2, 0) is 17.3 Å². The minimum Gasteiger partial charge on any atom is -0.448 e. The highest BCUT2D eigenvalue weighted by atomic mass is 32.1. The maximum Gasteiger partial charge on any atom is 0.436 e. The van der Waals surface area contributed by atoms with Crippen molar-refractivity contribution in [3.8, 4) is 0 Å². The Morgan fingerprint density at radius 2 is 1.69 bits per heavy atom. The van der Waals surface area contributed by atoms with E-state index in [1.807, 2.05) is 51.1 Å². The molecule has 0 saturated heterocycles. The first-order valence-electron chi connectivity index (χ1n) is 14.4. The number of thiophene rings is 1. The minimum atomic E-state index is -0.727. The van der Waals surface area contributed by atoms with Crippen molar-refractivity contribution in [3.63, 3.8) is 0 Å². The summed E-state index contributed by atoms with van der Waals surface area (Å²) < 4.78 is 8.01. The Labute approximate surface area is 263 Å². The van der Waals surface area contributed by atoms with Gasteiger partial charge in [-0.25, -0.2) is 9.78 Å². The zero-order valence-corrected chi connectivity index (χ0v) is 26.1. The van der Waals surface area contributed by atoms with Gasteiger partial charge >= 0.3 is 6.09 Å². The summed E-state index contributed by atoms with van der Waals surface area (Å²) in [5.74, 6) is -1.19. The average Bonchev–Trinajstić information content (AvgIpc) is 3.74. The number of nitrogens with zero attached hydrogens (tertiary/aromatic N) is 4. The van der Waals surface area contributed by atoms with Gasteiger partial charge in [-0.05, 0) is 44.0 Å². The molecule has 0 saturated carbocycles. The normalized spacial score (nSPS) is 11.3. The maximum atomic E-state index is 13.6. The zero-order chi connectivity index (χ0) is 32.1. The smallest absolute Gasteiger partial charge is 0.436 e. The number of hydrogen-bond acceptors (Lipinski definition) is 8. The lowest BCUT2D eigenvalue weighted by Gasteiger charge is -2.26. The first kappa shape index (κ1) is 31.1. The second kappa shape index (κ2) is 13.1. The van der Waals surface area contributed by atoms with Gasteiger partial charge in [0.2, 0.25) is 0 Å². The lowest BCUT2D eigenvalue weighted by atomic mass is 9.94. The second-order valence-corrected chi connectivity index (χ2v) is 11.8. The van der Waals surface area contributed by atoms with Crippen LogP contribution in [0.5, 0.6) is 0 Å². The molecule has 0 aliphatic rings. The summed E-state index contributed by atoms with van der Waals surface area (Å²) in [4.78, 5) is 57.6. The predicted octanol–water partition coefficient (Wildman–Crippen LogP) is 5.79. The number of imidazole rings is 1. The van der Waals surface area contributed by atoms with Crippen LogP contribution in [0.1, 0.15) is 69.8 Å². The Hall–Kier alpha value is -5.30. The molecule has 0 unspecified atom stereocenters. The molecule has 45 heavy (non-hydrogen) atoms. The Morgan fingerprint density at radius 3 is 2.40 bits per heavy atom. The highest BCUT2D eigenvalue weighted by Crippen LogP contribution is 2.33. The summed E-state index contributed by atoms with van der Waals surface area (Å²) in [6.07, 6.45) is 3.92. The first-order chi connectivity index (χ1) is 21.6. The fourth-order valence-electron chi connectivity index (χ4n) is 4.60. The number of anilines is 2. The zero-order valence-electron chi connectivity index (χ0n) is 25.3. The second-order valence-electron chi connectivity index (χ2n) is 10.8. The monoisotopic (exact) mass is 627 g/mol. The first-order valence-corrected chi connectivity index (χ1v) is 15.2. The number of amides is 3. The topological polar surface area (TPSA) is 149 Å². The van der Waals surface area contributed by atoms with E-state index in [-0.39, 0.29) is 35.4 Å². The minimum absolute atomic E-state index is 0.0605. The molecule has 232 valence electrons. The molecule has 0 aliphatic heterocycles. The molecule has 2 aromatic carbocycles. The van der Waals surface area contributed by atoms with Gasteiger partial charge in [-0.1, -0.05) is 55.8 Å². The van der Waals surface area contributed by atoms with Crippen molar-refractivity contribution in [2.45, 2.75) is 39.2 Å². The molecular weight excluding hydrogens is 594 g/mol. The fraction of sp³-hybridized carbons (Fsp3) is 0.250. The Bertz CT molecular complexity index is 1870. The molecule has 12 nitrogen and oxygen atoms in total. The van der Waals surface area contributed by atoms with Crippen LogP contribution >= 0.6 is 11.3 Å². The molecule has 0 aliphatic carbocycles. The van der Waals surface area contributed by atoms with Gasteiger partial charge in [0, 0.05) is 19.4 Å². The van der Waals surface area contributed by atoms with Gasteiger partial charge in [0.15, 0.2) is 11.6 Å². The molecule has 3 N–H and O–H groups in total. The van der Waals surface area contributed by atoms with Crippen molar-refractivity contribution in [1.82, 2.24) is 24.6 Å². The van der Waals surface area contributed by atoms with Crippen molar-refractivity contribution in [2.24, 2.45) is 7.05 Å². The third kappa shape index (κ3) is 6.78. The van der Waals surface area contributed by atoms with Gasteiger partial charge < -0.3 is 25.3 Å². The highest BCUT2D eigenvalue weighted by molar-refractivity contribution is 7.20. The van der Waals surface area contributed by atoms with Crippen molar-refractivity contribution >= 4 is 56.9 Å². The number of unbranched alkanes of at least 4 members (excludes halogenated alkanes) is 1. The van der Waals surface area contributed by atoms with E-state index in [1.54, 1.807) is 48.1 Å². The van der Waals surface area contributed by atoms with Crippen molar-refractivity contribution in [2.75, 3.05) is 17.2 Å². The predicted molar refractivity (Wildman–Crippen MR) is 172 cm³/mol. The Kier molecular flexibility index (Phi) is 9.09. The molecule has 3 amide bonds. The number of carbonyl (C=O) groups is 4. The van der Waals surface area contributed by atoms with Gasteiger partial charge in [-0.15, -0.1) is 16.4 Å². The molecule has 0 bridgehead atoms. The van der Waals surface area contributed by atoms with Gasteiger partial charge in [0.1, 0.15) is 4.83 Å². The maximum absolute atomic E-state index is 13.6. The number of fused-ring (bicyclic) bond motifs is 1. The van der Waals surface area contributed by atoms with E-state index < -0.39 is 23.4 Å². The molecule has 3 aromatic heterocycles. The lowest BCUT2D eigenvalue weighted by Crippen LogP contribution is -2.40. The third-order valence-electron chi connectivity index (χ3n) is 7.08. The van der Waals surface area contributed by atoms with Crippen LogP contribution in [0, 0.1) is 0 Å². The third-order valence-corrected chi connectivity index (χ3v) is 8.19. The Balaban J connectivity index is 1.45. The number of aromatic nitrogens is 4. The summed E-state index contributed by atoms with van der Waals surface area (Å²) >= 11 is 1.06. The van der Waals surface area contributed by atoms with E-state index in [1.165, 1.54) is 6.20 Å². The molecule has 0 radical (unpaired) electrons. The molecule has 5 aromatic rings. The van der Waals surface area contributed by atoms with Crippen LogP contribution in [0.4, 0.5) is 16.3 Å². The van der Waals surface area contributed by atoms with Crippen LogP contribution in [-0.4, -0.2) is 49.8 Å². The summed E-state index contributed by atoms with van der Waals surface area (Å²) in [6.45, 7) is 5.98. The molecular formula is C32H33N7O5S. The van der Waals surface area contributed by atoms with E-state index >= 15 is 0 Å². The van der Waals surface area contributed by atoms with Gasteiger partial charge in [-0.3, -0.25) is 14.4 Å². The number of para-hydroxylation sites is 1. The molecule has 0 spiro atoms. The largest absolute Gasteiger partial charge is 0.448 e. The Morgan fingerprint density at radius 1 is 0.956 bits per heavy atom. The summed E-state index contributed by atoms with van der Waals surface area (Å²) in [7, 11) is 1.69. The van der Waals surface area contributed by atoms with Crippen LogP contribution in [0.2, 0.25) is 0 Å². The molecule has 0 atom stereocenters. The van der Waals surface area contributed by atoms with Crippen molar-refractivity contribution < 1.29 is 23.9 Å². The van der Waals surface area contributed by atoms with E-state index in [4.69, 9.17) is 4.74 Å². The van der Waals surface area contributed by atoms with Crippen LogP contribution in [0.25, 0.3) is 10.2 Å². The fourth-order valence-corrected chi connectivity index (χ4v) is 5.60. The number of aryl methyl sites for hydroxylation is 1. The van der Waals surface area contributed by atoms with Gasteiger partial charge in [0.05, 0.1) is 33.7 Å². The van der Waals surface area contributed by atoms with Crippen LogP contribution < -0.4 is 16.0 Å². The molecule has 5 rings (SSSR count). The quantitative estimate of drug-likeness (QED) is 0.166. The molecule has 13 heteroatoms. The highest BCUT2D eigenvalue weighted by Gasteiger charge is 2.28. The SMILES string of the molecule is CCCCOC(=O)n1nc(NC(=O)c2ccccc2NC(=O)c2nccn2C)c2cc(C(=O)NC(C)(C)c3ccccc3)sc21. The number of benzene rings is 2. The average molecular weight is 628 g/mol. The lowest BCUT2D eigenvalue weighted by molar-refractivity contribution is 0.0915. The number of nitrogens with one attached hydrogen (secondary N) is 3. The molecule has 0 fully saturated rings. The molecule has 3 heterocycles. The summed E-state index contributed by atoms with van der Waals surface area (Å²) in [5, 5.41) is 13.3.